The Hall–Kier alpha value is -2.52. The predicted molar refractivity (Wildman–Crippen MR) is 138 cm³/mol. The lowest BCUT2D eigenvalue weighted by Gasteiger charge is -2.12. The fourth-order valence-electron chi connectivity index (χ4n) is 2.53. The Morgan fingerprint density at radius 3 is 2.07 bits per heavy atom. The zero-order chi connectivity index (χ0) is 23.1. The maximum absolute atomic E-state index is 4.46. The smallest absolute Gasteiger partial charge is 0.104 e. The van der Waals surface area contributed by atoms with Crippen LogP contribution in [0.2, 0.25) is 0 Å². The molecule has 2 nitrogen and oxygen atoms in total. The summed E-state index contributed by atoms with van der Waals surface area (Å²) in [5.41, 5.74) is 9.32. The molecular weight excluding hydrogens is 384 g/mol. The van der Waals surface area contributed by atoms with Crippen molar-refractivity contribution in [2.24, 2.45) is 0 Å². The number of hydrogen-bond acceptors (Lipinski definition) is 3. The summed E-state index contributed by atoms with van der Waals surface area (Å²) >= 11 is 1.23. The Kier molecular flexibility index (Phi) is 14.0. The van der Waals surface area contributed by atoms with Crippen molar-refractivity contribution in [2.45, 2.75) is 62.3 Å². The number of aromatic nitrogens is 2. The van der Waals surface area contributed by atoms with Crippen molar-refractivity contribution in [1.29, 1.82) is 0 Å². The average Bonchev–Trinajstić information content (AvgIpc) is 3.29. The molecule has 0 unspecified atom stereocenters. The van der Waals surface area contributed by atoms with Gasteiger partial charge in [0, 0.05) is 5.57 Å². The summed E-state index contributed by atoms with van der Waals surface area (Å²) in [7, 11) is 0. The van der Waals surface area contributed by atoms with Gasteiger partial charge in [0.15, 0.2) is 0 Å². The van der Waals surface area contributed by atoms with E-state index in [1.807, 2.05) is 39.1 Å². The maximum Gasteiger partial charge on any atom is 0.104 e. The quantitative estimate of drug-likeness (QED) is 0.391. The maximum atomic E-state index is 4.46. The minimum Gasteiger partial charge on any atom is -0.181 e. The third-order valence-corrected chi connectivity index (χ3v) is 5.21. The number of hydrogen-bond donors (Lipinski definition) is 0. The third-order valence-electron chi connectivity index (χ3n) is 4.73. The summed E-state index contributed by atoms with van der Waals surface area (Å²) in [5, 5.41) is 0. The van der Waals surface area contributed by atoms with Crippen LogP contribution in [0.15, 0.2) is 94.8 Å². The predicted octanol–water partition coefficient (Wildman–Crippen LogP) is 8.83. The Bertz CT molecular complexity index is 883. The van der Waals surface area contributed by atoms with E-state index in [0.717, 1.165) is 16.8 Å². The molecule has 0 fully saturated rings. The topological polar surface area (TPSA) is 25.8 Å². The van der Waals surface area contributed by atoms with Gasteiger partial charge in [-0.15, -0.1) is 0 Å². The van der Waals surface area contributed by atoms with Crippen molar-refractivity contribution in [3.63, 3.8) is 0 Å². The lowest BCUT2D eigenvalue weighted by Crippen LogP contribution is -1.93. The van der Waals surface area contributed by atoms with E-state index in [4.69, 9.17) is 0 Å². The molecule has 0 N–H and O–H groups in total. The normalized spacial score (nSPS) is 15.0. The van der Waals surface area contributed by atoms with Crippen molar-refractivity contribution < 1.29 is 0 Å². The minimum absolute atomic E-state index is 0.909. The Morgan fingerprint density at radius 1 is 0.867 bits per heavy atom. The molecule has 0 atom stereocenters. The van der Waals surface area contributed by atoms with Crippen molar-refractivity contribution in [3.8, 4) is 0 Å². The fourth-order valence-corrected chi connectivity index (χ4v) is 2.96. The highest BCUT2D eigenvalue weighted by molar-refractivity contribution is 6.99. The molecule has 1 heterocycles. The highest BCUT2D eigenvalue weighted by atomic mass is 32.1. The highest BCUT2D eigenvalue weighted by Crippen LogP contribution is 2.28. The number of rotatable bonds is 8. The van der Waals surface area contributed by atoms with Gasteiger partial charge >= 0.3 is 0 Å². The molecule has 1 rings (SSSR count). The SMILES string of the molecule is C=C\C(C)=C/C=C(C)/C(C)=C(C)/C(C)=C(/C=C/C=C(C)\C=C/C)c1cnsn1.CC. The molecule has 0 saturated carbocycles. The molecule has 0 bridgehead atoms. The van der Waals surface area contributed by atoms with Gasteiger partial charge in [-0.1, -0.05) is 80.2 Å². The van der Waals surface area contributed by atoms with E-state index >= 15 is 0 Å². The van der Waals surface area contributed by atoms with Gasteiger partial charge in [0.05, 0.1) is 17.9 Å². The lowest BCUT2D eigenvalue weighted by molar-refractivity contribution is 1.22. The van der Waals surface area contributed by atoms with Crippen LogP contribution in [0.25, 0.3) is 5.57 Å². The second-order valence-corrected chi connectivity index (χ2v) is 7.37. The molecule has 30 heavy (non-hydrogen) atoms. The molecule has 0 aromatic carbocycles. The van der Waals surface area contributed by atoms with Gasteiger partial charge in [0.1, 0.15) is 5.69 Å². The molecule has 1 aromatic rings. The molecule has 3 heteroatoms. The van der Waals surface area contributed by atoms with Crippen LogP contribution >= 0.6 is 11.7 Å². The van der Waals surface area contributed by atoms with E-state index in [-0.39, 0.29) is 0 Å². The van der Waals surface area contributed by atoms with Crippen LogP contribution in [-0.4, -0.2) is 8.75 Å². The van der Waals surface area contributed by atoms with Gasteiger partial charge in [-0.05, 0) is 70.8 Å². The van der Waals surface area contributed by atoms with Gasteiger partial charge in [-0.2, -0.15) is 8.75 Å². The van der Waals surface area contributed by atoms with E-state index in [1.165, 1.54) is 39.6 Å². The summed E-state index contributed by atoms with van der Waals surface area (Å²) in [6.45, 7) is 22.6. The Morgan fingerprint density at radius 2 is 1.53 bits per heavy atom. The van der Waals surface area contributed by atoms with Crippen LogP contribution in [0.3, 0.4) is 0 Å². The van der Waals surface area contributed by atoms with Crippen molar-refractivity contribution in [3.05, 3.63) is 101 Å². The lowest BCUT2D eigenvalue weighted by atomic mass is 9.93. The van der Waals surface area contributed by atoms with E-state index in [0.29, 0.717) is 0 Å². The van der Waals surface area contributed by atoms with Crippen LogP contribution < -0.4 is 0 Å². The van der Waals surface area contributed by atoms with Crippen LogP contribution in [0.4, 0.5) is 0 Å². The summed E-state index contributed by atoms with van der Waals surface area (Å²) in [5.74, 6) is 0. The zero-order valence-corrected chi connectivity index (χ0v) is 21.0. The third kappa shape index (κ3) is 9.32. The molecule has 162 valence electrons. The minimum atomic E-state index is 0.909. The molecule has 0 saturated heterocycles. The zero-order valence-electron chi connectivity index (χ0n) is 20.2. The highest BCUT2D eigenvalue weighted by Gasteiger charge is 2.10. The van der Waals surface area contributed by atoms with Crippen LogP contribution in [0.5, 0.6) is 0 Å². The Balaban J connectivity index is 0.00000407. The molecule has 0 amide bonds. The molecule has 0 radical (unpaired) electrons. The first-order valence-electron chi connectivity index (χ1n) is 10.4. The van der Waals surface area contributed by atoms with E-state index in [1.54, 1.807) is 0 Å². The van der Waals surface area contributed by atoms with Gasteiger partial charge in [0.2, 0.25) is 0 Å². The molecule has 0 spiro atoms. The summed E-state index contributed by atoms with van der Waals surface area (Å²) in [6, 6.07) is 0. The van der Waals surface area contributed by atoms with Gasteiger partial charge in [0.25, 0.3) is 0 Å². The van der Waals surface area contributed by atoms with Crippen LogP contribution in [0, 0.1) is 0 Å². The molecule has 0 aliphatic heterocycles. The van der Waals surface area contributed by atoms with Gasteiger partial charge in [-0.3, -0.25) is 0 Å². The Labute approximate surface area is 188 Å². The summed E-state index contributed by atoms with van der Waals surface area (Å²) < 4.78 is 8.64. The first kappa shape index (κ1) is 27.5. The van der Waals surface area contributed by atoms with Crippen molar-refractivity contribution >= 4 is 17.3 Å². The van der Waals surface area contributed by atoms with E-state index < -0.39 is 0 Å². The average molecular weight is 423 g/mol. The number of allylic oxidation sites excluding steroid dienone is 15. The first-order chi connectivity index (χ1) is 14.3. The largest absolute Gasteiger partial charge is 0.181 e. The fraction of sp³-hybridized carbons (Fsp3) is 0.333. The number of nitrogens with zero attached hydrogens (tertiary/aromatic N) is 2. The standard InChI is InChI=1S/C25H32N2S.C2H6/c1-9-12-19(4)13-11-14-24(25-17-26-28-27-25)23(8)22(7)21(6)20(5)16-15-18(3)10-2;1-2/h9-17H,2H2,1,3-8H3;1-2H3/b12-9-,14-11+,18-15-,19-13-,20-16+,22-21+,24-23-;. The van der Waals surface area contributed by atoms with E-state index in [2.05, 4.69) is 93.3 Å². The van der Waals surface area contributed by atoms with Gasteiger partial charge in [-0.25, -0.2) is 0 Å². The summed E-state index contributed by atoms with van der Waals surface area (Å²) in [4.78, 5) is 0. The van der Waals surface area contributed by atoms with Crippen molar-refractivity contribution in [1.82, 2.24) is 8.75 Å². The molecular formula is C27H38N2S. The second-order valence-electron chi connectivity index (χ2n) is 6.82. The second kappa shape index (κ2) is 15.3. The van der Waals surface area contributed by atoms with Crippen LogP contribution in [0.1, 0.15) is 68.0 Å². The monoisotopic (exact) mass is 422 g/mol. The molecule has 1 aromatic heterocycles. The summed E-state index contributed by atoms with van der Waals surface area (Å²) in [6.07, 6.45) is 18.4. The molecule has 0 aliphatic rings. The van der Waals surface area contributed by atoms with Gasteiger partial charge < -0.3 is 0 Å². The van der Waals surface area contributed by atoms with Crippen LogP contribution in [-0.2, 0) is 0 Å². The first-order valence-corrected chi connectivity index (χ1v) is 11.2. The van der Waals surface area contributed by atoms with Crippen molar-refractivity contribution in [2.75, 3.05) is 0 Å². The molecule has 0 aliphatic carbocycles. The van der Waals surface area contributed by atoms with E-state index in [9.17, 15) is 0 Å².